The number of carbonyl (C=O) groups excluding carboxylic acids is 1. The molecule has 1 saturated heterocycles. The highest BCUT2D eigenvalue weighted by Crippen LogP contribution is 2.27. The number of carbonyl (C=O) groups is 2. The molecule has 2 N–H and O–H groups in total. The van der Waals surface area contributed by atoms with E-state index in [0.717, 1.165) is 4.90 Å². The van der Waals surface area contributed by atoms with Crippen LogP contribution in [0.1, 0.15) is 12.8 Å². The van der Waals surface area contributed by atoms with E-state index in [1.165, 1.54) is 11.8 Å². The molecule has 21 heavy (non-hydrogen) atoms. The van der Waals surface area contributed by atoms with Crippen molar-refractivity contribution in [3.05, 3.63) is 29.3 Å². The molecule has 0 spiro atoms. The van der Waals surface area contributed by atoms with Crippen LogP contribution in [0, 0.1) is 0 Å². The quantitative estimate of drug-likeness (QED) is 0.782. The van der Waals surface area contributed by atoms with E-state index in [1.807, 2.05) is 18.2 Å². The first-order valence-corrected chi connectivity index (χ1v) is 7.89. The van der Waals surface area contributed by atoms with Crippen molar-refractivity contribution in [2.75, 3.05) is 19.0 Å². The summed E-state index contributed by atoms with van der Waals surface area (Å²) in [5, 5.41) is 12.5. The number of hydrogen-bond donors (Lipinski definition) is 2. The summed E-state index contributed by atoms with van der Waals surface area (Å²) in [7, 11) is 0. The van der Waals surface area contributed by atoms with Gasteiger partial charge in [0.05, 0.1) is 11.6 Å². The minimum Gasteiger partial charge on any atom is -0.479 e. The first-order valence-electron chi connectivity index (χ1n) is 6.53. The molecule has 0 aliphatic carbocycles. The molecule has 1 aromatic rings. The van der Waals surface area contributed by atoms with Crippen LogP contribution in [0.25, 0.3) is 0 Å². The number of carboxylic acids is 1. The number of ether oxygens (including phenoxy) is 1. The molecular formula is C14H16ClNO4S. The van der Waals surface area contributed by atoms with Crippen molar-refractivity contribution in [1.82, 2.24) is 5.32 Å². The molecule has 114 valence electrons. The van der Waals surface area contributed by atoms with E-state index in [2.05, 4.69) is 5.32 Å². The summed E-state index contributed by atoms with van der Waals surface area (Å²) in [4.78, 5) is 24.1. The Balaban J connectivity index is 1.82. The number of rotatable bonds is 6. The first-order chi connectivity index (χ1) is 10.0. The van der Waals surface area contributed by atoms with Gasteiger partial charge >= 0.3 is 5.97 Å². The molecule has 1 heterocycles. The van der Waals surface area contributed by atoms with Crippen LogP contribution in [0.4, 0.5) is 0 Å². The Labute approximate surface area is 132 Å². The van der Waals surface area contributed by atoms with Crippen molar-refractivity contribution in [3.63, 3.8) is 0 Å². The zero-order chi connectivity index (χ0) is 15.3. The lowest BCUT2D eigenvalue weighted by molar-refractivity contribution is -0.147. The van der Waals surface area contributed by atoms with Crippen LogP contribution >= 0.6 is 23.4 Å². The molecule has 0 radical (unpaired) electrons. The van der Waals surface area contributed by atoms with Gasteiger partial charge in [-0.25, -0.2) is 4.79 Å². The minimum atomic E-state index is -1.27. The maximum Gasteiger partial charge on any atom is 0.331 e. The number of thioether (sulfide) groups is 1. The SMILES string of the molecule is O=C(CCSc1ccccc1Cl)NC1(C(=O)O)CCOC1. The fourth-order valence-electron chi connectivity index (χ4n) is 2.03. The lowest BCUT2D eigenvalue weighted by Crippen LogP contribution is -2.55. The number of benzene rings is 1. The Morgan fingerprint density at radius 2 is 2.19 bits per heavy atom. The van der Waals surface area contributed by atoms with Gasteiger partial charge in [0.1, 0.15) is 0 Å². The molecular weight excluding hydrogens is 314 g/mol. The fourth-order valence-corrected chi connectivity index (χ4v) is 3.22. The summed E-state index contributed by atoms with van der Waals surface area (Å²) in [5.41, 5.74) is -1.27. The van der Waals surface area contributed by atoms with Gasteiger partial charge in [-0.2, -0.15) is 0 Å². The molecule has 1 fully saturated rings. The van der Waals surface area contributed by atoms with Gasteiger partial charge in [-0.3, -0.25) is 4.79 Å². The summed E-state index contributed by atoms with van der Waals surface area (Å²) >= 11 is 7.49. The predicted octanol–water partition coefficient (Wildman–Crippen LogP) is 2.18. The molecule has 2 rings (SSSR count). The summed E-state index contributed by atoms with van der Waals surface area (Å²) in [6, 6.07) is 7.40. The Bertz CT molecular complexity index is 531. The van der Waals surface area contributed by atoms with E-state index >= 15 is 0 Å². The molecule has 1 unspecified atom stereocenters. The van der Waals surface area contributed by atoms with Gasteiger partial charge in [-0.15, -0.1) is 11.8 Å². The van der Waals surface area contributed by atoms with Crippen LogP contribution < -0.4 is 5.32 Å². The lowest BCUT2D eigenvalue weighted by atomic mass is 9.99. The van der Waals surface area contributed by atoms with Gasteiger partial charge in [0, 0.05) is 30.1 Å². The van der Waals surface area contributed by atoms with Crippen molar-refractivity contribution in [3.8, 4) is 0 Å². The van der Waals surface area contributed by atoms with Crippen LogP contribution in [0.15, 0.2) is 29.2 Å². The number of nitrogens with one attached hydrogen (secondary N) is 1. The second-order valence-corrected chi connectivity index (χ2v) is 6.31. The molecule has 1 atom stereocenters. The molecule has 7 heteroatoms. The largest absolute Gasteiger partial charge is 0.479 e. The maximum atomic E-state index is 11.9. The van der Waals surface area contributed by atoms with Gasteiger partial charge in [-0.05, 0) is 12.1 Å². The monoisotopic (exact) mass is 329 g/mol. The Hall–Kier alpha value is -1.24. The average Bonchev–Trinajstić information content (AvgIpc) is 2.91. The third-order valence-electron chi connectivity index (χ3n) is 3.23. The van der Waals surface area contributed by atoms with E-state index in [0.29, 0.717) is 23.8 Å². The summed E-state index contributed by atoms with van der Waals surface area (Å²) < 4.78 is 5.09. The van der Waals surface area contributed by atoms with E-state index < -0.39 is 11.5 Å². The van der Waals surface area contributed by atoms with E-state index in [9.17, 15) is 14.7 Å². The fraction of sp³-hybridized carbons (Fsp3) is 0.429. The van der Waals surface area contributed by atoms with Crippen molar-refractivity contribution in [1.29, 1.82) is 0 Å². The molecule has 1 aromatic carbocycles. The number of halogens is 1. The third kappa shape index (κ3) is 4.12. The van der Waals surface area contributed by atoms with Crippen LogP contribution in [0.2, 0.25) is 5.02 Å². The minimum absolute atomic E-state index is 0.0196. The Kier molecular flexibility index (Phi) is 5.50. The van der Waals surface area contributed by atoms with Gasteiger partial charge in [0.25, 0.3) is 0 Å². The first kappa shape index (κ1) is 16.1. The maximum absolute atomic E-state index is 11.9. The predicted molar refractivity (Wildman–Crippen MR) is 80.7 cm³/mol. The van der Waals surface area contributed by atoms with Crippen LogP contribution in [0.3, 0.4) is 0 Å². The van der Waals surface area contributed by atoms with Gasteiger partial charge < -0.3 is 15.2 Å². The average molecular weight is 330 g/mol. The van der Waals surface area contributed by atoms with Crippen molar-refractivity contribution >= 4 is 35.2 Å². The van der Waals surface area contributed by atoms with Gasteiger partial charge in [0.2, 0.25) is 5.91 Å². The van der Waals surface area contributed by atoms with Crippen LogP contribution in [0.5, 0.6) is 0 Å². The topological polar surface area (TPSA) is 75.6 Å². The van der Waals surface area contributed by atoms with Crippen LogP contribution in [-0.4, -0.2) is 41.5 Å². The normalized spacial score (nSPS) is 21.2. The second kappa shape index (κ2) is 7.15. The highest BCUT2D eigenvalue weighted by Gasteiger charge is 2.43. The van der Waals surface area contributed by atoms with Crippen molar-refractivity contribution in [2.45, 2.75) is 23.3 Å². The number of amides is 1. The third-order valence-corrected chi connectivity index (χ3v) is 4.75. The van der Waals surface area contributed by atoms with E-state index in [1.54, 1.807) is 6.07 Å². The summed E-state index contributed by atoms with van der Waals surface area (Å²) in [6.07, 6.45) is 0.524. The molecule has 5 nitrogen and oxygen atoms in total. The molecule has 0 bridgehead atoms. The number of carboxylic acid groups (broad SMARTS) is 1. The highest BCUT2D eigenvalue weighted by atomic mass is 35.5. The van der Waals surface area contributed by atoms with Crippen LogP contribution in [-0.2, 0) is 14.3 Å². The molecule has 1 aliphatic heterocycles. The summed E-state index contributed by atoms with van der Waals surface area (Å²) in [6.45, 7) is 0.368. The van der Waals surface area contributed by atoms with Gasteiger partial charge in [-0.1, -0.05) is 23.7 Å². The molecule has 0 aromatic heterocycles. The lowest BCUT2D eigenvalue weighted by Gasteiger charge is -2.23. The second-order valence-electron chi connectivity index (χ2n) is 4.77. The highest BCUT2D eigenvalue weighted by molar-refractivity contribution is 7.99. The molecule has 1 aliphatic rings. The number of hydrogen-bond acceptors (Lipinski definition) is 4. The van der Waals surface area contributed by atoms with Crippen molar-refractivity contribution in [2.24, 2.45) is 0 Å². The molecule has 1 amide bonds. The smallest absolute Gasteiger partial charge is 0.331 e. The summed E-state index contributed by atoms with van der Waals surface area (Å²) in [5.74, 6) is -0.805. The van der Waals surface area contributed by atoms with Crippen molar-refractivity contribution < 1.29 is 19.4 Å². The number of aliphatic carboxylic acids is 1. The standard InChI is InChI=1S/C14H16ClNO4S/c15-10-3-1-2-4-11(10)21-8-5-12(17)16-14(13(18)19)6-7-20-9-14/h1-4H,5-9H2,(H,16,17)(H,18,19). The Morgan fingerprint density at radius 1 is 1.43 bits per heavy atom. The Morgan fingerprint density at radius 3 is 2.81 bits per heavy atom. The van der Waals surface area contributed by atoms with Gasteiger partial charge in [0.15, 0.2) is 5.54 Å². The molecule has 0 saturated carbocycles. The zero-order valence-electron chi connectivity index (χ0n) is 11.3. The van der Waals surface area contributed by atoms with E-state index in [4.69, 9.17) is 16.3 Å². The van der Waals surface area contributed by atoms with E-state index in [-0.39, 0.29) is 18.9 Å². The zero-order valence-corrected chi connectivity index (χ0v) is 12.9.